The van der Waals surface area contributed by atoms with Gasteiger partial charge in [0.05, 0.1) is 0 Å². The van der Waals surface area contributed by atoms with Gasteiger partial charge in [0, 0.05) is 0 Å². The molecule has 1 fully saturated rings. The molecule has 0 nitrogen and oxygen atoms in total. The Balaban J connectivity index is 2.31. The van der Waals surface area contributed by atoms with Crippen molar-refractivity contribution in [2.45, 2.75) is 23.9 Å². The van der Waals surface area contributed by atoms with E-state index >= 15 is 0 Å². The molecule has 0 bridgehead atoms. The monoisotopic (exact) mass is 162 g/mol. The molecule has 1 rings (SSSR count). The van der Waals surface area contributed by atoms with Gasteiger partial charge in [-0.15, -0.1) is 0 Å². The van der Waals surface area contributed by atoms with E-state index in [-0.39, 0.29) is 0 Å². The molecule has 1 heterocycles. The first kappa shape index (κ1) is 5.03. The molecule has 1 aliphatic rings. The molecular weight excluding hydrogens is 151 g/mol. The third-order valence-electron chi connectivity index (χ3n) is 1.71. The van der Waals surface area contributed by atoms with Gasteiger partial charge in [0.15, 0.2) is 0 Å². The van der Waals surface area contributed by atoms with E-state index < -0.39 is 20.3 Å². The van der Waals surface area contributed by atoms with Crippen LogP contribution in [0.25, 0.3) is 0 Å². The topological polar surface area (TPSA) is 0 Å². The summed E-state index contributed by atoms with van der Waals surface area (Å²) in [7, 11) is 0. The first-order valence-electron chi connectivity index (χ1n) is 2.71. The minimum absolute atomic E-state index is 1.05. The predicted molar refractivity (Wildman–Crippen MR) is 26.0 cm³/mol. The molecule has 6 heavy (non-hydrogen) atoms. The fraction of sp³-hybridized carbons (Fsp3) is 1.00. The van der Waals surface area contributed by atoms with E-state index in [2.05, 4.69) is 9.26 Å². The fourth-order valence-corrected chi connectivity index (χ4v) is 5.23. The van der Waals surface area contributed by atoms with Gasteiger partial charge < -0.3 is 0 Å². The van der Waals surface area contributed by atoms with E-state index in [0.717, 1.165) is 0 Å². The van der Waals surface area contributed by atoms with Gasteiger partial charge in [0.2, 0.25) is 0 Å². The first-order chi connectivity index (χ1) is 2.71. The summed E-state index contributed by atoms with van der Waals surface area (Å²) < 4.78 is 8.40. The van der Waals surface area contributed by atoms with Crippen molar-refractivity contribution in [3.05, 3.63) is 0 Å². The molecule has 0 unspecified atom stereocenters. The Labute approximate surface area is 44.3 Å². The number of hydrogen-bond acceptors (Lipinski definition) is 0. The zero-order valence-corrected chi connectivity index (χ0v) is 7.08. The molecule has 0 spiro atoms. The van der Waals surface area contributed by atoms with Crippen molar-refractivity contribution in [3.63, 3.8) is 0 Å². The standard InChI is InChI=1S/C3H6.2CH3.Zr/c1-3-2;;;/h1-3H2;2*1H3;. The molecule has 1 aliphatic heterocycles. The Kier molecular flexibility index (Phi) is 1.20. The van der Waals surface area contributed by atoms with Crippen molar-refractivity contribution in [1.82, 2.24) is 0 Å². The molecule has 0 aromatic heterocycles. The molecule has 0 aromatic carbocycles. The zero-order valence-electron chi connectivity index (χ0n) is 4.62. The third-order valence-corrected chi connectivity index (χ3v) is 10.1. The van der Waals surface area contributed by atoms with Crippen molar-refractivity contribution in [1.29, 1.82) is 0 Å². The van der Waals surface area contributed by atoms with Crippen LogP contribution in [0.3, 0.4) is 0 Å². The van der Waals surface area contributed by atoms with E-state index in [1.165, 1.54) is 0 Å². The Hall–Kier alpha value is 0.883. The third kappa shape index (κ3) is 0.933. The summed E-state index contributed by atoms with van der Waals surface area (Å²) in [6.45, 7) is 0. The van der Waals surface area contributed by atoms with Gasteiger partial charge in [-0.3, -0.25) is 0 Å². The van der Waals surface area contributed by atoms with Crippen LogP contribution < -0.4 is 0 Å². The molecule has 0 saturated carbocycles. The number of rotatable bonds is 0. The van der Waals surface area contributed by atoms with Crippen LogP contribution in [-0.4, -0.2) is 0 Å². The van der Waals surface area contributed by atoms with Crippen LogP contribution in [0, 0.1) is 0 Å². The molecule has 0 amide bonds. The van der Waals surface area contributed by atoms with E-state index in [4.69, 9.17) is 0 Å². The van der Waals surface area contributed by atoms with Crippen LogP contribution in [-0.2, 0) is 20.3 Å². The normalized spacial score (nSPS) is 29.0. The average molecular weight is 163 g/mol. The molecule has 0 aromatic rings. The van der Waals surface area contributed by atoms with Crippen molar-refractivity contribution >= 4 is 0 Å². The van der Waals surface area contributed by atoms with E-state index in [0.29, 0.717) is 0 Å². The quantitative estimate of drug-likeness (QED) is 0.515. The first-order valence-corrected chi connectivity index (χ1v) is 11.1. The predicted octanol–water partition coefficient (Wildman–Crippen LogP) is 2.48. The summed E-state index contributed by atoms with van der Waals surface area (Å²) in [4.78, 5) is 0. The van der Waals surface area contributed by atoms with Crippen molar-refractivity contribution < 1.29 is 20.3 Å². The molecule has 0 N–H and O–H groups in total. The summed E-state index contributed by atoms with van der Waals surface area (Å²) in [6.07, 6.45) is 1.56. The molecule has 1 heteroatoms. The molecule has 36 valence electrons. The van der Waals surface area contributed by atoms with Crippen LogP contribution in [0.4, 0.5) is 0 Å². The average Bonchev–Trinajstić information content (AvgIpc) is 1.32. The van der Waals surface area contributed by atoms with Crippen LogP contribution in [0.15, 0.2) is 0 Å². The Morgan fingerprint density at radius 3 is 1.50 bits per heavy atom. The van der Waals surface area contributed by atoms with Crippen LogP contribution >= 0.6 is 0 Å². The second kappa shape index (κ2) is 1.44. The Morgan fingerprint density at radius 1 is 1.17 bits per heavy atom. The summed E-state index contributed by atoms with van der Waals surface area (Å²) >= 11 is -1.05. The van der Waals surface area contributed by atoms with Crippen LogP contribution in [0.2, 0.25) is 17.5 Å². The number of hydrogen-bond donors (Lipinski definition) is 0. The van der Waals surface area contributed by atoms with Crippen LogP contribution in [0.1, 0.15) is 6.42 Å². The van der Waals surface area contributed by atoms with Gasteiger partial charge in [0.1, 0.15) is 0 Å². The second-order valence-corrected chi connectivity index (χ2v) is 16.1. The minimum atomic E-state index is -1.05. The van der Waals surface area contributed by atoms with Crippen molar-refractivity contribution in [2.24, 2.45) is 0 Å². The van der Waals surface area contributed by atoms with Gasteiger partial charge in [-0.25, -0.2) is 0 Å². The summed E-state index contributed by atoms with van der Waals surface area (Å²) in [5.41, 5.74) is 0. The fourth-order valence-electron chi connectivity index (χ4n) is 0.884. The summed E-state index contributed by atoms with van der Waals surface area (Å²) in [5, 5.41) is 0. The molecule has 0 aliphatic carbocycles. The van der Waals surface area contributed by atoms with Crippen molar-refractivity contribution in [2.75, 3.05) is 0 Å². The Morgan fingerprint density at radius 2 is 1.50 bits per heavy atom. The van der Waals surface area contributed by atoms with Gasteiger partial charge in [-0.2, -0.15) is 0 Å². The zero-order chi connectivity index (χ0) is 4.62. The molecule has 0 atom stereocenters. The maximum absolute atomic E-state index is 2.54. The van der Waals surface area contributed by atoms with E-state index in [1.807, 2.05) is 0 Å². The molecular formula is C5H12Zr. The molecule has 1 saturated heterocycles. The van der Waals surface area contributed by atoms with E-state index in [1.54, 1.807) is 14.7 Å². The molecule has 0 radical (unpaired) electrons. The van der Waals surface area contributed by atoms with Gasteiger partial charge in [0.25, 0.3) is 0 Å². The second-order valence-electron chi connectivity index (χ2n) is 3.02. The Bertz CT molecular complexity index is 51.0. The van der Waals surface area contributed by atoms with Gasteiger partial charge in [-0.05, 0) is 0 Å². The van der Waals surface area contributed by atoms with E-state index in [9.17, 15) is 0 Å². The maximum atomic E-state index is 2.54. The van der Waals surface area contributed by atoms with Gasteiger partial charge in [-0.1, -0.05) is 0 Å². The van der Waals surface area contributed by atoms with Crippen molar-refractivity contribution in [3.8, 4) is 0 Å². The van der Waals surface area contributed by atoms with Crippen LogP contribution in [0.5, 0.6) is 0 Å². The summed E-state index contributed by atoms with van der Waals surface area (Å²) in [5.74, 6) is 0. The summed E-state index contributed by atoms with van der Waals surface area (Å²) in [6, 6.07) is 0. The van der Waals surface area contributed by atoms with Gasteiger partial charge >= 0.3 is 44.2 Å². The SMILES string of the molecule is [CH3][Zr]1([CH3])[CH2]C[CH2]1.